The monoisotopic (exact) mass is 443 g/mol. The number of anilines is 3. The van der Waals surface area contributed by atoms with Crippen LogP contribution in [0.3, 0.4) is 0 Å². The number of amides is 2. The third-order valence-electron chi connectivity index (χ3n) is 5.20. The van der Waals surface area contributed by atoms with Gasteiger partial charge in [0.05, 0.1) is 5.75 Å². The lowest BCUT2D eigenvalue weighted by molar-refractivity contribution is -0.116. The molecule has 32 heavy (non-hydrogen) atoms. The Morgan fingerprint density at radius 1 is 1.00 bits per heavy atom. The highest BCUT2D eigenvalue weighted by molar-refractivity contribution is 8.00. The molecular weight excluding hydrogens is 418 g/mol. The predicted molar refractivity (Wildman–Crippen MR) is 134 cm³/mol. The van der Waals surface area contributed by atoms with Crippen LogP contribution in [0.4, 0.5) is 17.1 Å². The highest BCUT2D eigenvalue weighted by Gasteiger charge is 2.34. The number of hydrogen-bond donors (Lipinski definition) is 1. The molecule has 0 aliphatic carbocycles. The first-order chi connectivity index (χ1) is 15.5. The van der Waals surface area contributed by atoms with Crippen LogP contribution in [0.2, 0.25) is 0 Å². The van der Waals surface area contributed by atoms with E-state index in [1.54, 1.807) is 17.8 Å². The van der Waals surface area contributed by atoms with Crippen molar-refractivity contribution < 1.29 is 9.59 Å². The third kappa shape index (κ3) is 5.03. The molecule has 0 spiro atoms. The van der Waals surface area contributed by atoms with E-state index in [-0.39, 0.29) is 17.2 Å². The molecule has 5 nitrogen and oxygen atoms in total. The Hall–Kier alpha value is -3.51. The van der Waals surface area contributed by atoms with E-state index in [0.29, 0.717) is 11.4 Å². The molecule has 1 heterocycles. The van der Waals surface area contributed by atoms with Gasteiger partial charge in [-0.25, -0.2) is 0 Å². The Bertz CT molecular complexity index is 1110. The van der Waals surface area contributed by atoms with Crippen molar-refractivity contribution in [1.82, 2.24) is 0 Å². The fourth-order valence-electron chi connectivity index (χ4n) is 3.51. The molecular formula is C26H25N3O2S. The van der Waals surface area contributed by atoms with Crippen molar-refractivity contribution in [2.24, 2.45) is 0 Å². The molecule has 1 aliphatic rings. The number of rotatable bonds is 6. The summed E-state index contributed by atoms with van der Waals surface area (Å²) in [5.41, 5.74) is 4.69. The van der Waals surface area contributed by atoms with Crippen molar-refractivity contribution in [2.75, 3.05) is 35.0 Å². The van der Waals surface area contributed by atoms with Crippen LogP contribution in [-0.2, 0) is 9.59 Å². The molecule has 6 heteroatoms. The second-order valence-electron chi connectivity index (χ2n) is 7.69. The molecule has 1 N–H and O–H groups in total. The molecule has 0 radical (unpaired) electrons. The number of nitrogens with one attached hydrogen (secondary N) is 1. The molecule has 3 aromatic carbocycles. The summed E-state index contributed by atoms with van der Waals surface area (Å²) in [6.07, 6.45) is 3.30. The summed E-state index contributed by atoms with van der Waals surface area (Å²) < 4.78 is 0. The topological polar surface area (TPSA) is 52.6 Å². The highest BCUT2D eigenvalue weighted by Crippen LogP contribution is 2.42. The van der Waals surface area contributed by atoms with Crippen LogP contribution < -0.4 is 15.1 Å². The Labute approximate surface area is 192 Å². The zero-order valence-electron chi connectivity index (χ0n) is 18.1. The molecule has 1 aliphatic heterocycles. The number of carbonyl (C=O) groups excluding carboxylic acids is 2. The summed E-state index contributed by atoms with van der Waals surface area (Å²) in [5, 5.41) is 2.79. The number of hydrogen-bond acceptors (Lipinski definition) is 4. The summed E-state index contributed by atoms with van der Waals surface area (Å²) in [6, 6.07) is 25.4. The second-order valence-corrected chi connectivity index (χ2v) is 8.76. The van der Waals surface area contributed by atoms with Gasteiger partial charge in [-0.1, -0.05) is 42.5 Å². The van der Waals surface area contributed by atoms with Gasteiger partial charge in [-0.2, -0.15) is 0 Å². The van der Waals surface area contributed by atoms with Gasteiger partial charge in [0.2, 0.25) is 11.8 Å². The van der Waals surface area contributed by atoms with Crippen molar-refractivity contribution in [3.05, 3.63) is 96.1 Å². The lowest BCUT2D eigenvalue weighted by Gasteiger charge is -2.25. The molecule has 1 fully saturated rings. The molecule has 0 bridgehead atoms. The van der Waals surface area contributed by atoms with Gasteiger partial charge in [0, 0.05) is 37.2 Å². The first kappa shape index (κ1) is 21.7. The maximum atomic E-state index is 12.6. The summed E-state index contributed by atoms with van der Waals surface area (Å²) in [5.74, 6) is 0.360. The van der Waals surface area contributed by atoms with Crippen LogP contribution >= 0.6 is 11.8 Å². The van der Waals surface area contributed by atoms with Crippen molar-refractivity contribution in [3.63, 3.8) is 0 Å². The molecule has 4 rings (SSSR count). The fourth-order valence-corrected chi connectivity index (χ4v) is 4.69. The molecule has 0 aromatic heterocycles. The first-order valence-corrected chi connectivity index (χ1v) is 11.4. The molecule has 1 atom stereocenters. The minimum atomic E-state index is -0.186. The average molecular weight is 444 g/mol. The Morgan fingerprint density at radius 3 is 2.34 bits per heavy atom. The van der Waals surface area contributed by atoms with Gasteiger partial charge in [-0.3, -0.25) is 14.5 Å². The summed E-state index contributed by atoms with van der Waals surface area (Å²) in [4.78, 5) is 28.7. The normalized spacial score (nSPS) is 15.9. The van der Waals surface area contributed by atoms with E-state index in [2.05, 4.69) is 5.32 Å². The molecule has 3 aromatic rings. The SMILES string of the molecule is CN(C)c1ccc(N2C(=O)CSC2c2ccc(NC(=O)/C=C/c3ccccc3)cc2)cc1. The third-order valence-corrected chi connectivity index (χ3v) is 6.41. The molecule has 162 valence electrons. The molecule has 1 saturated heterocycles. The minimum absolute atomic E-state index is 0.0876. The summed E-state index contributed by atoms with van der Waals surface area (Å²) in [6.45, 7) is 0. The van der Waals surface area contributed by atoms with Gasteiger partial charge in [-0.15, -0.1) is 11.8 Å². The highest BCUT2D eigenvalue weighted by atomic mass is 32.2. The number of carbonyl (C=O) groups is 2. The quantitative estimate of drug-likeness (QED) is 0.533. The lowest BCUT2D eigenvalue weighted by Crippen LogP contribution is -2.27. The Kier molecular flexibility index (Phi) is 6.61. The molecule has 2 amide bonds. The van der Waals surface area contributed by atoms with Crippen molar-refractivity contribution >= 4 is 46.7 Å². The van der Waals surface area contributed by atoms with Crippen LogP contribution in [0.25, 0.3) is 6.08 Å². The predicted octanol–water partition coefficient (Wildman–Crippen LogP) is 5.18. The second kappa shape index (κ2) is 9.75. The molecule has 0 saturated carbocycles. The van der Waals surface area contributed by atoms with Crippen molar-refractivity contribution in [1.29, 1.82) is 0 Å². The number of nitrogens with zero attached hydrogens (tertiary/aromatic N) is 2. The van der Waals surface area contributed by atoms with Crippen LogP contribution in [-0.4, -0.2) is 31.7 Å². The van der Waals surface area contributed by atoms with Crippen molar-refractivity contribution in [2.45, 2.75) is 5.37 Å². The van der Waals surface area contributed by atoms with Gasteiger partial charge >= 0.3 is 0 Å². The lowest BCUT2D eigenvalue weighted by atomic mass is 10.1. The number of benzene rings is 3. The minimum Gasteiger partial charge on any atom is -0.378 e. The number of thioether (sulfide) groups is 1. The van der Waals surface area contributed by atoms with E-state index in [9.17, 15) is 9.59 Å². The van der Waals surface area contributed by atoms with E-state index in [0.717, 1.165) is 22.5 Å². The van der Waals surface area contributed by atoms with Gasteiger partial charge in [0.25, 0.3) is 0 Å². The summed E-state index contributed by atoms with van der Waals surface area (Å²) >= 11 is 1.61. The average Bonchev–Trinajstić information content (AvgIpc) is 3.20. The zero-order valence-corrected chi connectivity index (χ0v) is 18.9. The van der Waals surface area contributed by atoms with E-state index in [4.69, 9.17) is 0 Å². The van der Waals surface area contributed by atoms with Gasteiger partial charge in [-0.05, 0) is 53.6 Å². The van der Waals surface area contributed by atoms with E-state index in [1.165, 1.54) is 6.08 Å². The summed E-state index contributed by atoms with van der Waals surface area (Å²) in [7, 11) is 3.99. The van der Waals surface area contributed by atoms with Crippen molar-refractivity contribution in [3.8, 4) is 0 Å². The van der Waals surface area contributed by atoms with Crippen LogP contribution in [0.5, 0.6) is 0 Å². The van der Waals surface area contributed by atoms with E-state index < -0.39 is 0 Å². The standard InChI is InChI=1S/C26H25N3O2S/c1-28(2)22-13-15-23(16-14-22)29-25(31)18-32-26(29)20-9-11-21(12-10-20)27-24(30)17-8-19-6-4-3-5-7-19/h3-17,26H,18H2,1-2H3,(H,27,30)/b17-8+. The van der Waals surface area contributed by atoms with E-state index in [1.807, 2.05) is 103 Å². The smallest absolute Gasteiger partial charge is 0.248 e. The van der Waals surface area contributed by atoms with Gasteiger partial charge in [0.1, 0.15) is 5.37 Å². The zero-order chi connectivity index (χ0) is 22.5. The van der Waals surface area contributed by atoms with Crippen LogP contribution in [0.1, 0.15) is 16.5 Å². The maximum Gasteiger partial charge on any atom is 0.248 e. The largest absolute Gasteiger partial charge is 0.378 e. The Morgan fingerprint density at radius 2 is 1.69 bits per heavy atom. The first-order valence-electron chi connectivity index (χ1n) is 10.4. The van der Waals surface area contributed by atoms with Gasteiger partial charge in [0.15, 0.2) is 0 Å². The fraction of sp³-hybridized carbons (Fsp3) is 0.154. The molecule has 1 unspecified atom stereocenters. The van der Waals surface area contributed by atoms with Crippen LogP contribution in [0.15, 0.2) is 84.9 Å². The van der Waals surface area contributed by atoms with Crippen LogP contribution in [0, 0.1) is 0 Å². The maximum absolute atomic E-state index is 12.6. The van der Waals surface area contributed by atoms with E-state index >= 15 is 0 Å². The van der Waals surface area contributed by atoms with Gasteiger partial charge < -0.3 is 10.2 Å². The Balaban J connectivity index is 1.45.